The smallest absolute Gasteiger partial charge is 0.480 e. The lowest BCUT2D eigenvalue weighted by Gasteiger charge is -2.15. The van der Waals surface area contributed by atoms with Gasteiger partial charge < -0.3 is 14.6 Å². The number of benzene rings is 1. The van der Waals surface area contributed by atoms with Crippen molar-refractivity contribution in [2.75, 3.05) is 0 Å². The van der Waals surface area contributed by atoms with Crippen molar-refractivity contribution in [2.45, 2.75) is 20.4 Å². The molecule has 0 aliphatic rings. The molecule has 0 aliphatic heterocycles. The molecule has 2 N–H and O–H groups in total. The van der Waals surface area contributed by atoms with E-state index >= 15 is 0 Å². The molecule has 0 heterocycles. The number of carbonyl (C=O) groups is 2. The molecule has 0 amide bonds. The van der Waals surface area contributed by atoms with E-state index in [1.165, 1.54) is 13.8 Å². The molecule has 0 saturated carbocycles. The fraction of sp³-hybridized carbons (Fsp3) is 0.273. The van der Waals surface area contributed by atoms with E-state index in [0.717, 1.165) is 5.56 Å². The first-order valence-corrected chi connectivity index (χ1v) is 6.38. The van der Waals surface area contributed by atoms with Crippen LogP contribution in [-0.4, -0.2) is 21.2 Å². The zero-order chi connectivity index (χ0) is 12.8. The summed E-state index contributed by atoms with van der Waals surface area (Å²) < 4.78 is 10.1. The Morgan fingerprint density at radius 2 is 1.71 bits per heavy atom. The van der Waals surface area contributed by atoms with Gasteiger partial charge in [-0.2, -0.15) is 0 Å². The van der Waals surface area contributed by atoms with Gasteiger partial charge in [0.15, 0.2) is 0 Å². The number of hydrogen-bond acceptors (Lipinski definition) is 5. The average Bonchev–Trinajstić information content (AvgIpc) is 2.27. The molecule has 0 fully saturated rings. The maximum absolute atomic E-state index is 11.0. The standard InChI is InChI=1S/C11H14NO4Si/c1-8(13)15-17(16-9(2)14)11-6-4-3-5-10(11)7-12/h3-6H,7,12H2,1-2H3. The lowest BCUT2D eigenvalue weighted by Crippen LogP contribution is -2.42. The van der Waals surface area contributed by atoms with E-state index in [4.69, 9.17) is 14.6 Å². The molecule has 0 aliphatic carbocycles. The molecule has 5 nitrogen and oxygen atoms in total. The summed E-state index contributed by atoms with van der Waals surface area (Å²) in [6, 6.07) is 7.17. The summed E-state index contributed by atoms with van der Waals surface area (Å²) in [6.07, 6.45) is 0. The van der Waals surface area contributed by atoms with Crippen molar-refractivity contribution in [3.63, 3.8) is 0 Å². The molecular weight excluding hydrogens is 238 g/mol. The summed E-state index contributed by atoms with van der Waals surface area (Å²) in [4.78, 5) is 22.0. The minimum atomic E-state index is -2.14. The number of nitrogens with two attached hydrogens (primary N) is 1. The highest BCUT2D eigenvalue weighted by atomic mass is 28.3. The monoisotopic (exact) mass is 252 g/mol. The Bertz CT molecular complexity index is 406. The van der Waals surface area contributed by atoms with Gasteiger partial charge in [-0.1, -0.05) is 24.3 Å². The van der Waals surface area contributed by atoms with Crippen LogP contribution in [0.4, 0.5) is 0 Å². The Morgan fingerprint density at radius 3 is 2.18 bits per heavy atom. The highest BCUT2D eigenvalue weighted by Gasteiger charge is 2.28. The van der Waals surface area contributed by atoms with Crippen LogP contribution in [0.25, 0.3) is 0 Å². The van der Waals surface area contributed by atoms with Gasteiger partial charge in [-0.15, -0.1) is 0 Å². The van der Waals surface area contributed by atoms with Crippen LogP contribution in [0.2, 0.25) is 0 Å². The van der Waals surface area contributed by atoms with Crippen LogP contribution < -0.4 is 10.9 Å². The summed E-state index contributed by atoms with van der Waals surface area (Å²) in [6.45, 7) is 2.85. The minimum Gasteiger partial charge on any atom is -0.480 e. The molecule has 0 aromatic heterocycles. The van der Waals surface area contributed by atoms with Crippen LogP contribution in [0.15, 0.2) is 24.3 Å². The van der Waals surface area contributed by atoms with Crippen LogP contribution in [0.5, 0.6) is 0 Å². The summed E-state index contributed by atoms with van der Waals surface area (Å²) in [5.74, 6) is -0.959. The molecule has 91 valence electrons. The highest BCUT2D eigenvalue weighted by Crippen LogP contribution is 2.01. The van der Waals surface area contributed by atoms with E-state index < -0.39 is 21.2 Å². The molecule has 0 unspecified atom stereocenters. The van der Waals surface area contributed by atoms with Gasteiger partial charge >= 0.3 is 9.28 Å². The molecule has 1 aromatic rings. The Morgan fingerprint density at radius 1 is 1.18 bits per heavy atom. The molecule has 1 radical (unpaired) electrons. The highest BCUT2D eigenvalue weighted by molar-refractivity contribution is 6.64. The van der Waals surface area contributed by atoms with Crippen molar-refractivity contribution in [3.8, 4) is 0 Å². The van der Waals surface area contributed by atoms with Crippen molar-refractivity contribution in [3.05, 3.63) is 29.8 Å². The molecule has 1 aromatic carbocycles. The third kappa shape index (κ3) is 4.01. The molecule has 0 atom stereocenters. The lowest BCUT2D eigenvalue weighted by molar-refractivity contribution is -0.137. The fourth-order valence-corrected chi connectivity index (χ4v) is 2.75. The molecular formula is C11H14NO4Si. The first-order valence-electron chi connectivity index (χ1n) is 5.06. The van der Waals surface area contributed by atoms with Crippen LogP contribution in [0, 0.1) is 0 Å². The first kappa shape index (κ1) is 13.4. The molecule has 6 heteroatoms. The van der Waals surface area contributed by atoms with Gasteiger partial charge in [0, 0.05) is 25.6 Å². The fourth-order valence-electron chi connectivity index (χ4n) is 1.29. The van der Waals surface area contributed by atoms with E-state index in [9.17, 15) is 9.59 Å². The zero-order valence-corrected chi connectivity index (χ0v) is 10.7. The maximum Gasteiger partial charge on any atom is 0.576 e. The van der Waals surface area contributed by atoms with Crippen molar-refractivity contribution in [1.82, 2.24) is 0 Å². The quantitative estimate of drug-likeness (QED) is 0.761. The maximum atomic E-state index is 11.0. The second-order valence-electron chi connectivity index (χ2n) is 3.34. The first-order chi connectivity index (χ1) is 8.04. The van der Waals surface area contributed by atoms with E-state index in [0.29, 0.717) is 11.7 Å². The van der Waals surface area contributed by atoms with Crippen molar-refractivity contribution in [1.29, 1.82) is 0 Å². The molecule has 0 bridgehead atoms. The van der Waals surface area contributed by atoms with Crippen LogP contribution in [-0.2, 0) is 25.0 Å². The third-order valence-corrected chi connectivity index (χ3v) is 3.80. The number of hydrogen-bond donors (Lipinski definition) is 1. The third-order valence-electron chi connectivity index (χ3n) is 1.93. The average molecular weight is 252 g/mol. The Hall–Kier alpha value is -1.66. The van der Waals surface area contributed by atoms with Gasteiger partial charge in [0.2, 0.25) is 0 Å². The normalized spacial score (nSPS) is 10.1. The SMILES string of the molecule is CC(=O)O[Si](OC(C)=O)c1ccccc1CN. The predicted molar refractivity (Wildman–Crippen MR) is 63.3 cm³/mol. The minimum absolute atomic E-state index is 0.298. The van der Waals surface area contributed by atoms with E-state index in [1.54, 1.807) is 12.1 Å². The molecule has 0 spiro atoms. The predicted octanol–water partition coefficient (Wildman–Crippen LogP) is -0.0333. The summed E-state index contributed by atoms with van der Waals surface area (Å²) in [7, 11) is -2.14. The van der Waals surface area contributed by atoms with Gasteiger partial charge in [0.25, 0.3) is 11.9 Å². The van der Waals surface area contributed by atoms with Gasteiger partial charge in [-0.25, -0.2) is 0 Å². The lowest BCUT2D eigenvalue weighted by atomic mass is 10.2. The van der Waals surface area contributed by atoms with Gasteiger partial charge in [-0.3, -0.25) is 9.59 Å². The summed E-state index contributed by atoms with van der Waals surface area (Å²) in [5, 5.41) is 0.686. The Kier molecular flexibility index (Phi) is 4.86. The van der Waals surface area contributed by atoms with Crippen molar-refractivity contribution >= 4 is 26.4 Å². The van der Waals surface area contributed by atoms with Crippen molar-refractivity contribution in [2.24, 2.45) is 5.73 Å². The number of carbonyl (C=O) groups excluding carboxylic acids is 2. The topological polar surface area (TPSA) is 78.6 Å². The van der Waals surface area contributed by atoms with Gasteiger partial charge in [0.05, 0.1) is 0 Å². The summed E-state index contributed by atoms with van der Waals surface area (Å²) in [5.41, 5.74) is 6.39. The second-order valence-corrected chi connectivity index (χ2v) is 4.86. The van der Waals surface area contributed by atoms with Crippen LogP contribution in [0.3, 0.4) is 0 Å². The van der Waals surface area contributed by atoms with E-state index in [2.05, 4.69) is 0 Å². The van der Waals surface area contributed by atoms with E-state index in [-0.39, 0.29) is 0 Å². The Balaban J connectivity index is 3.02. The molecule has 0 saturated heterocycles. The van der Waals surface area contributed by atoms with Gasteiger partial charge in [-0.05, 0) is 5.56 Å². The van der Waals surface area contributed by atoms with Crippen LogP contribution in [0.1, 0.15) is 19.4 Å². The molecule has 17 heavy (non-hydrogen) atoms. The van der Waals surface area contributed by atoms with Crippen molar-refractivity contribution < 1.29 is 18.4 Å². The zero-order valence-electron chi connectivity index (χ0n) is 9.73. The largest absolute Gasteiger partial charge is 0.576 e. The van der Waals surface area contributed by atoms with E-state index in [1.807, 2.05) is 12.1 Å². The van der Waals surface area contributed by atoms with Crippen LogP contribution >= 0.6 is 0 Å². The summed E-state index contributed by atoms with van der Waals surface area (Å²) >= 11 is 0. The second kappa shape index (κ2) is 6.17. The number of rotatable bonds is 4. The molecule has 1 rings (SSSR count). The Labute approximate surface area is 101 Å². The van der Waals surface area contributed by atoms with Gasteiger partial charge in [0.1, 0.15) is 0 Å².